The number of amides is 2. The molecule has 0 aromatic heterocycles. The van der Waals surface area contributed by atoms with Crippen LogP contribution in [0.25, 0.3) is 0 Å². The summed E-state index contributed by atoms with van der Waals surface area (Å²) in [5.74, 6) is 4.94. The Morgan fingerprint density at radius 1 is 1.00 bits per heavy atom. The fraction of sp³-hybridized carbons (Fsp3) is 0.321. The molecule has 2 amide bonds. The first kappa shape index (κ1) is 27.4. The smallest absolute Gasteiger partial charge is 0.333 e. The number of nitrogens with two attached hydrogens (primary N) is 1. The Bertz CT molecular complexity index is 1290. The molecule has 0 spiro atoms. The number of piperazine rings is 1. The van der Waals surface area contributed by atoms with Gasteiger partial charge in [0.2, 0.25) is 0 Å². The highest BCUT2D eigenvalue weighted by atomic mass is 35.5. The van der Waals surface area contributed by atoms with E-state index in [1.165, 1.54) is 0 Å². The molecule has 4 N–H and O–H groups in total. The lowest BCUT2D eigenvalue weighted by atomic mass is 10.1. The predicted molar refractivity (Wildman–Crippen MR) is 154 cm³/mol. The third-order valence-corrected chi connectivity index (χ3v) is 7.44. The van der Waals surface area contributed by atoms with Gasteiger partial charge in [0.25, 0.3) is 0 Å². The summed E-state index contributed by atoms with van der Waals surface area (Å²) >= 11 is 12.4. The summed E-state index contributed by atoms with van der Waals surface area (Å²) in [6, 6.07) is 20.7. The number of anilines is 3. The molecule has 206 valence electrons. The lowest BCUT2D eigenvalue weighted by Crippen LogP contribution is -2.46. The van der Waals surface area contributed by atoms with E-state index in [0.29, 0.717) is 28.9 Å². The molecule has 0 bridgehead atoms. The summed E-state index contributed by atoms with van der Waals surface area (Å²) in [6.07, 6.45) is -0.225. The van der Waals surface area contributed by atoms with Crippen LogP contribution in [0.5, 0.6) is 5.75 Å². The maximum atomic E-state index is 11.4. The molecule has 2 fully saturated rings. The summed E-state index contributed by atoms with van der Waals surface area (Å²) in [5.41, 5.74) is 5.75. The quantitative estimate of drug-likeness (QED) is 0.209. The fourth-order valence-corrected chi connectivity index (χ4v) is 5.39. The van der Waals surface area contributed by atoms with E-state index in [4.69, 9.17) is 43.3 Å². The number of halogens is 2. The van der Waals surface area contributed by atoms with E-state index >= 15 is 0 Å². The molecule has 3 aromatic carbocycles. The highest BCUT2D eigenvalue weighted by Gasteiger charge is 2.40. The van der Waals surface area contributed by atoms with E-state index in [-0.39, 0.29) is 6.10 Å². The lowest BCUT2D eigenvalue weighted by molar-refractivity contribution is -0.164. The molecule has 2 unspecified atom stereocenters. The molecule has 2 heterocycles. The number of rotatable bonds is 7. The molecule has 3 aromatic rings. The fourth-order valence-electron chi connectivity index (χ4n) is 4.81. The van der Waals surface area contributed by atoms with Crippen molar-refractivity contribution in [3.05, 3.63) is 82.3 Å². The van der Waals surface area contributed by atoms with Crippen LogP contribution in [-0.4, -0.2) is 51.5 Å². The Balaban J connectivity index is 1.09. The number of hydrogen-bond acceptors (Lipinski definition) is 7. The van der Waals surface area contributed by atoms with Crippen molar-refractivity contribution >= 4 is 46.3 Å². The minimum Gasteiger partial charge on any atom is -0.491 e. The molecule has 5 rings (SSSR count). The standard InChI is InChI=1S/C28H31Cl2N5O4/c1-28(25-11-2-19(29)16-26(25)30)38-18-24(39-28)17-37-23-9-7-22(8-10-23)35-14-12-34(13-15-35)21-5-3-20(4-6-21)32-27(36)33-31/h2-11,16,24H,12-15,17-18,31H2,1H3,(H2,32,33,36). The van der Waals surface area contributed by atoms with Gasteiger partial charge in [-0.2, -0.15) is 0 Å². The molecular formula is C28H31Cl2N5O4. The zero-order chi connectivity index (χ0) is 27.4. The largest absolute Gasteiger partial charge is 0.491 e. The van der Waals surface area contributed by atoms with Gasteiger partial charge in [0.1, 0.15) is 18.5 Å². The minimum absolute atomic E-state index is 0.225. The molecule has 0 radical (unpaired) electrons. The van der Waals surface area contributed by atoms with Gasteiger partial charge in [-0.25, -0.2) is 10.6 Å². The zero-order valence-corrected chi connectivity index (χ0v) is 23.0. The lowest BCUT2D eigenvalue weighted by Gasteiger charge is -2.37. The molecule has 2 aliphatic rings. The number of carbonyl (C=O) groups excluding carboxylic acids is 1. The van der Waals surface area contributed by atoms with Gasteiger partial charge < -0.3 is 29.3 Å². The van der Waals surface area contributed by atoms with Crippen LogP contribution in [0.4, 0.5) is 21.9 Å². The Hall–Kier alpha value is -3.21. The van der Waals surface area contributed by atoms with Crippen LogP contribution in [0.1, 0.15) is 12.5 Å². The van der Waals surface area contributed by atoms with Gasteiger partial charge in [0.05, 0.1) is 11.6 Å². The summed E-state index contributed by atoms with van der Waals surface area (Å²) in [4.78, 5) is 16.0. The average Bonchev–Trinajstić information content (AvgIpc) is 3.34. The second-order valence-electron chi connectivity index (χ2n) is 9.55. The van der Waals surface area contributed by atoms with Crippen molar-refractivity contribution in [1.29, 1.82) is 0 Å². The highest BCUT2D eigenvalue weighted by Crippen LogP contribution is 2.38. The Kier molecular flexibility index (Phi) is 8.34. The number of nitrogens with zero attached hydrogens (tertiary/aromatic N) is 2. The first-order valence-electron chi connectivity index (χ1n) is 12.7. The van der Waals surface area contributed by atoms with Crippen molar-refractivity contribution in [1.82, 2.24) is 5.43 Å². The predicted octanol–water partition coefficient (Wildman–Crippen LogP) is 4.98. The summed E-state index contributed by atoms with van der Waals surface area (Å²) in [6.45, 7) is 6.20. The number of nitrogens with one attached hydrogen (secondary N) is 2. The van der Waals surface area contributed by atoms with Crippen LogP contribution in [-0.2, 0) is 15.3 Å². The molecule has 9 nitrogen and oxygen atoms in total. The van der Waals surface area contributed by atoms with E-state index in [1.54, 1.807) is 12.1 Å². The molecule has 39 heavy (non-hydrogen) atoms. The topological polar surface area (TPSA) is 101 Å². The molecule has 2 aliphatic heterocycles. The van der Waals surface area contributed by atoms with Crippen LogP contribution < -0.4 is 31.1 Å². The van der Waals surface area contributed by atoms with Crippen LogP contribution in [0.15, 0.2) is 66.7 Å². The van der Waals surface area contributed by atoms with Crippen LogP contribution in [0.2, 0.25) is 10.0 Å². The first-order chi connectivity index (χ1) is 18.8. The minimum atomic E-state index is -0.943. The second-order valence-corrected chi connectivity index (χ2v) is 10.4. The molecule has 0 aliphatic carbocycles. The SMILES string of the molecule is CC1(c2ccc(Cl)cc2Cl)OCC(COc2ccc(N3CCN(c4ccc(NC(=O)NN)cc4)CC3)cc2)O1. The van der Waals surface area contributed by atoms with E-state index in [1.807, 2.05) is 49.4 Å². The van der Waals surface area contributed by atoms with Crippen molar-refractivity contribution < 1.29 is 19.0 Å². The van der Waals surface area contributed by atoms with E-state index in [2.05, 4.69) is 32.7 Å². The van der Waals surface area contributed by atoms with Gasteiger partial charge in [-0.1, -0.05) is 29.3 Å². The number of carbonyl (C=O) groups is 1. The Morgan fingerprint density at radius 3 is 2.21 bits per heavy atom. The van der Waals surface area contributed by atoms with Crippen LogP contribution in [0, 0.1) is 0 Å². The van der Waals surface area contributed by atoms with Crippen molar-refractivity contribution in [2.24, 2.45) is 5.84 Å². The molecule has 0 saturated carbocycles. The number of benzene rings is 3. The Morgan fingerprint density at radius 2 is 1.62 bits per heavy atom. The molecule has 2 saturated heterocycles. The van der Waals surface area contributed by atoms with E-state index < -0.39 is 11.8 Å². The maximum absolute atomic E-state index is 11.4. The first-order valence-corrected chi connectivity index (χ1v) is 13.5. The Labute approximate surface area is 237 Å². The van der Waals surface area contributed by atoms with Crippen molar-refractivity contribution in [3.8, 4) is 5.75 Å². The molecule has 2 atom stereocenters. The number of hydrazine groups is 1. The van der Waals surface area contributed by atoms with Crippen LogP contribution >= 0.6 is 23.2 Å². The summed E-state index contributed by atoms with van der Waals surface area (Å²) in [7, 11) is 0. The number of hydrogen-bond donors (Lipinski definition) is 3. The monoisotopic (exact) mass is 571 g/mol. The normalized spacial score (nSPS) is 21.1. The third kappa shape index (κ3) is 6.51. The summed E-state index contributed by atoms with van der Waals surface area (Å²) in [5, 5.41) is 3.73. The summed E-state index contributed by atoms with van der Waals surface area (Å²) < 4.78 is 18.1. The van der Waals surface area contributed by atoms with Gasteiger partial charge in [-0.3, -0.25) is 5.43 Å². The van der Waals surface area contributed by atoms with Gasteiger partial charge in [-0.15, -0.1) is 0 Å². The van der Waals surface area contributed by atoms with E-state index in [9.17, 15) is 4.79 Å². The van der Waals surface area contributed by atoms with Gasteiger partial charge in [-0.05, 0) is 67.6 Å². The van der Waals surface area contributed by atoms with Crippen molar-refractivity contribution in [2.45, 2.75) is 18.8 Å². The van der Waals surface area contributed by atoms with Crippen molar-refractivity contribution in [3.63, 3.8) is 0 Å². The van der Waals surface area contributed by atoms with Gasteiger partial charge in [0, 0.05) is 53.8 Å². The van der Waals surface area contributed by atoms with E-state index in [0.717, 1.165) is 48.9 Å². The third-order valence-electron chi connectivity index (χ3n) is 6.90. The van der Waals surface area contributed by atoms with Crippen molar-refractivity contribution in [2.75, 3.05) is 54.5 Å². The maximum Gasteiger partial charge on any atom is 0.333 e. The number of urea groups is 1. The molecule has 11 heteroatoms. The second kappa shape index (κ2) is 11.9. The van der Waals surface area contributed by atoms with Gasteiger partial charge >= 0.3 is 6.03 Å². The number of ether oxygens (including phenoxy) is 3. The highest BCUT2D eigenvalue weighted by molar-refractivity contribution is 6.35. The average molecular weight is 572 g/mol. The zero-order valence-electron chi connectivity index (χ0n) is 21.5. The van der Waals surface area contributed by atoms with Gasteiger partial charge in [0.15, 0.2) is 5.79 Å². The molecular weight excluding hydrogens is 541 g/mol. The van der Waals surface area contributed by atoms with Crippen LogP contribution in [0.3, 0.4) is 0 Å².